The molecule has 0 saturated heterocycles. The Kier molecular flexibility index (Phi) is 5.67. The Morgan fingerprint density at radius 1 is 0.957 bits per heavy atom. The maximum absolute atomic E-state index is 14.1. The molecule has 0 aliphatic heterocycles. The molecule has 0 unspecified atom stereocenters. The molecule has 0 heterocycles. The monoisotopic (exact) mass is 339 g/mol. The van der Waals surface area contributed by atoms with Gasteiger partial charge in [-0.2, -0.15) is 5.26 Å². The first-order valence-corrected chi connectivity index (χ1v) is 7.84. The van der Waals surface area contributed by atoms with E-state index < -0.39 is 33.7 Å². The van der Waals surface area contributed by atoms with Gasteiger partial charge < -0.3 is 0 Å². The van der Waals surface area contributed by atoms with Gasteiger partial charge in [0.1, 0.15) is 5.40 Å². The molecule has 0 saturated carbocycles. The maximum Gasteiger partial charge on any atom is 0.177 e. The van der Waals surface area contributed by atoms with Crippen LogP contribution in [-0.4, -0.2) is 0 Å². The number of thiocyanates is 1. The molecule has 2 aromatic rings. The molecule has 0 aromatic heterocycles. The van der Waals surface area contributed by atoms with Crippen molar-refractivity contribution in [1.82, 2.24) is 0 Å². The zero-order chi connectivity index (χ0) is 17.0. The molecule has 0 spiro atoms. The maximum atomic E-state index is 14.1. The van der Waals surface area contributed by atoms with Gasteiger partial charge in [0.2, 0.25) is 0 Å². The summed E-state index contributed by atoms with van der Waals surface area (Å²) in [6.45, 7) is 2.05. The minimum Gasteiger partial charge on any atom is -0.203 e. The van der Waals surface area contributed by atoms with Crippen LogP contribution in [0.2, 0.25) is 0 Å². The number of benzene rings is 2. The Labute approximate surface area is 135 Å². The molecular formula is C17H13F4NS. The minimum absolute atomic E-state index is 0.0477. The van der Waals surface area contributed by atoms with E-state index >= 15 is 0 Å². The minimum atomic E-state index is -1.56. The van der Waals surface area contributed by atoms with Crippen LogP contribution in [0.15, 0.2) is 29.2 Å². The Morgan fingerprint density at radius 2 is 1.52 bits per heavy atom. The van der Waals surface area contributed by atoms with Crippen molar-refractivity contribution in [2.75, 3.05) is 0 Å². The first-order valence-electron chi connectivity index (χ1n) is 7.02. The third kappa shape index (κ3) is 3.50. The van der Waals surface area contributed by atoms with Crippen LogP contribution in [0.5, 0.6) is 0 Å². The van der Waals surface area contributed by atoms with Crippen molar-refractivity contribution in [2.24, 2.45) is 0 Å². The van der Waals surface area contributed by atoms with Crippen molar-refractivity contribution in [3.05, 3.63) is 53.1 Å². The Morgan fingerprint density at radius 3 is 2.00 bits per heavy atom. The molecule has 120 valence electrons. The zero-order valence-corrected chi connectivity index (χ0v) is 13.1. The third-order valence-electron chi connectivity index (χ3n) is 3.43. The van der Waals surface area contributed by atoms with E-state index in [9.17, 15) is 17.6 Å². The summed E-state index contributed by atoms with van der Waals surface area (Å²) in [7, 11) is 0. The molecule has 0 amide bonds. The van der Waals surface area contributed by atoms with Gasteiger partial charge >= 0.3 is 0 Å². The second kappa shape index (κ2) is 7.51. The van der Waals surface area contributed by atoms with Gasteiger partial charge in [-0.1, -0.05) is 37.6 Å². The number of aryl methyl sites for hydroxylation is 1. The molecule has 1 nitrogen and oxygen atoms in total. The number of unbranched alkanes of at least 4 members (excludes halogenated alkanes) is 1. The fourth-order valence-corrected chi connectivity index (χ4v) is 2.67. The van der Waals surface area contributed by atoms with Gasteiger partial charge in [0, 0.05) is 0 Å². The normalized spacial score (nSPS) is 10.6. The summed E-state index contributed by atoms with van der Waals surface area (Å²) in [6, 6.07) is 6.22. The van der Waals surface area contributed by atoms with Crippen molar-refractivity contribution < 1.29 is 17.6 Å². The van der Waals surface area contributed by atoms with Crippen molar-refractivity contribution in [1.29, 1.82) is 5.26 Å². The summed E-state index contributed by atoms with van der Waals surface area (Å²) in [5.74, 6) is -6.10. The molecule has 6 heteroatoms. The van der Waals surface area contributed by atoms with Crippen LogP contribution in [0.3, 0.4) is 0 Å². The lowest BCUT2D eigenvalue weighted by Gasteiger charge is -2.11. The van der Waals surface area contributed by atoms with Gasteiger partial charge in [-0.3, -0.25) is 0 Å². The van der Waals surface area contributed by atoms with Gasteiger partial charge in [0.25, 0.3) is 0 Å². The average molecular weight is 339 g/mol. The number of hydrogen-bond acceptors (Lipinski definition) is 2. The zero-order valence-electron chi connectivity index (χ0n) is 12.3. The molecule has 0 N–H and O–H groups in total. The summed E-state index contributed by atoms with van der Waals surface area (Å²) in [6.07, 6.45) is 2.81. The van der Waals surface area contributed by atoms with E-state index in [0.717, 1.165) is 24.8 Å². The highest BCUT2D eigenvalue weighted by Gasteiger charge is 2.26. The van der Waals surface area contributed by atoms with E-state index in [0.29, 0.717) is 0 Å². The lowest BCUT2D eigenvalue weighted by atomic mass is 10.0. The quantitative estimate of drug-likeness (QED) is 0.296. The predicted molar refractivity (Wildman–Crippen MR) is 81.8 cm³/mol. The highest BCUT2D eigenvalue weighted by molar-refractivity contribution is 8.03. The molecule has 23 heavy (non-hydrogen) atoms. The molecule has 0 fully saturated rings. The van der Waals surface area contributed by atoms with E-state index in [1.165, 1.54) is 17.5 Å². The van der Waals surface area contributed by atoms with Crippen LogP contribution in [0.25, 0.3) is 11.1 Å². The van der Waals surface area contributed by atoms with Gasteiger partial charge in [-0.05, 0) is 35.7 Å². The van der Waals surface area contributed by atoms with E-state index in [-0.39, 0.29) is 17.3 Å². The first-order chi connectivity index (χ1) is 11.0. The second-order valence-electron chi connectivity index (χ2n) is 4.95. The molecule has 0 radical (unpaired) electrons. The standard InChI is InChI=1S/C17H13F4NS/c1-2-3-4-10-5-7-11(8-6-10)12-13(18)15(20)17(23-9-22)16(21)14(12)19/h5-8H,2-4H2,1H3. The number of thioether (sulfide) groups is 1. The topological polar surface area (TPSA) is 23.8 Å². The van der Waals surface area contributed by atoms with Crippen LogP contribution < -0.4 is 0 Å². The fraction of sp³-hybridized carbons (Fsp3) is 0.235. The summed E-state index contributed by atoms with van der Waals surface area (Å²) in [5.41, 5.74) is 0.268. The van der Waals surface area contributed by atoms with Crippen molar-refractivity contribution in [2.45, 2.75) is 31.1 Å². The number of halogens is 4. The summed E-state index contributed by atoms with van der Waals surface area (Å²) >= 11 is 0.0478. The van der Waals surface area contributed by atoms with Crippen LogP contribution in [-0.2, 0) is 6.42 Å². The molecule has 0 atom stereocenters. The predicted octanol–water partition coefficient (Wildman–Crippen LogP) is 5.83. The highest BCUT2D eigenvalue weighted by Crippen LogP contribution is 2.36. The van der Waals surface area contributed by atoms with Crippen molar-refractivity contribution >= 4 is 11.8 Å². The average Bonchev–Trinajstić information content (AvgIpc) is 2.56. The highest BCUT2D eigenvalue weighted by atomic mass is 32.2. The van der Waals surface area contributed by atoms with Crippen LogP contribution in [0.4, 0.5) is 17.6 Å². The van der Waals surface area contributed by atoms with Crippen LogP contribution in [0, 0.1) is 33.9 Å². The molecule has 0 bridgehead atoms. The second-order valence-corrected chi connectivity index (χ2v) is 5.75. The Balaban J connectivity index is 2.50. The van der Waals surface area contributed by atoms with Crippen molar-refractivity contribution in [3.8, 4) is 16.5 Å². The van der Waals surface area contributed by atoms with E-state index in [2.05, 4.69) is 0 Å². The van der Waals surface area contributed by atoms with Crippen LogP contribution >= 0.6 is 11.8 Å². The SMILES string of the molecule is CCCCc1ccc(-c2c(F)c(F)c(SC#N)c(F)c2F)cc1. The van der Waals surface area contributed by atoms with E-state index in [4.69, 9.17) is 5.26 Å². The summed E-state index contributed by atoms with van der Waals surface area (Å²) < 4.78 is 56.0. The Hall–Kier alpha value is -2.00. The van der Waals surface area contributed by atoms with Gasteiger partial charge in [-0.25, -0.2) is 17.6 Å². The van der Waals surface area contributed by atoms with Gasteiger partial charge in [-0.15, -0.1) is 0 Å². The molecule has 2 rings (SSSR count). The number of hydrogen-bond donors (Lipinski definition) is 0. The molecular weight excluding hydrogens is 326 g/mol. The molecule has 2 aromatic carbocycles. The number of rotatable bonds is 5. The largest absolute Gasteiger partial charge is 0.203 e. The van der Waals surface area contributed by atoms with Gasteiger partial charge in [0.05, 0.1) is 10.5 Å². The Bertz CT molecular complexity index is 722. The lowest BCUT2D eigenvalue weighted by Crippen LogP contribution is -2.02. The van der Waals surface area contributed by atoms with E-state index in [1.54, 1.807) is 12.1 Å². The number of nitriles is 1. The molecule has 0 aliphatic rings. The van der Waals surface area contributed by atoms with E-state index in [1.807, 2.05) is 6.92 Å². The lowest BCUT2D eigenvalue weighted by molar-refractivity contribution is 0.430. The molecule has 0 aliphatic carbocycles. The van der Waals surface area contributed by atoms with Crippen molar-refractivity contribution in [3.63, 3.8) is 0 Å². The number of nitrogens with zero attached hydrogens (tertiary/aromatic N) is 1. The summed E-state index contributed by atoms with van der Waals surface area (Å²) in [4.78, 5) is -0.967. The first kappa shape index (κ1) is 17.4. The fourth-order valence-electron chi connectivity index (χ4n) is 2.22. The smallest absolute Gasteiger partial charge is 0.177 e. The summed E-state index contributed by atoms with van der Waals surface area (Å²) in [5, 5.41) is 9.88. The van der Waals surface area contributed by atoms with Gasteiger partial charge in [0.15, 0.2) is 23.3 Å². The van der Waals surface area contributed by atoms with Crippen LogP contribution in [0.1, 0.15) is 25.3 Å². The third-order valence-corrected chi connectivity index (χ3v) is 4.09.